The number of amides is 2. The van der Waals surface area contributed by atoms with Crippen molar-refractivity contribution in [3.8, 4) is 0 Å². The minimum Gasteiger partial charge on any atom is -0.392 e. The Kier molecular flexibility index (Phi) is 5.70. The summed E-state index contributed by atoms with van der Waals surface area (Å²) >= 11 is 0. The van der Waals surface area contributed by atoms with Crippen LogP contribution in [0.4, 0.5) is 15.0 Å². The maximum Gasteiger partial charge on any atom is 0.320 e. The molecule has 23 heavy (non-hydrogen) atoms. The van der Waals surface area contributed by atoms with Crippen LogP contribution in [0.2, 0.25) is 0 Å². The summed E-state index contributed by atoms with van der Waals surface area (Å²) in [4.78, 5) is 11.9. The van der Waals surface area contributed by atoms with Crippen molar-refractivity contribution in [2.45, 2.75) is 32.9 Å². The average molecular weight is 320 g/mol. The molecule has 0 radical (unpaired) electrons. The van der Waals surface area contributed by atoms with Gasteiger partial charge < -0.3 is 10.4 Å². The predicted molar refractivity (Wildman–Crippen MR) is 85.4 cm³/mol. The number of urea groups is 1. The minimum atomic E-state index is -0.459. The van der Waals surface area contributed by atoms with E-state index in [-0.39, 0.29) is 24.7 Å². The summed E-state index contributed by atoms with van der Waals surface area (Å²) in [5.41, 5.74) is 1.85. The van der Waals surface area contributed by atoms with Gasteiger partial charge in [-0.1, -0.05) is 19.4 Å². The monoisotopic (exact) mass is 320 g/mol. The zero-order valence-corrected chi connectivity index (χ0v) is 13.3. The maximum absolute atomic E-state index is 13.3. The molecule has 2 aromatic rings. The van der Waals surface area contributed by atoms with Crippen molar-refractivity contribution in [2.24, 2.45) is 7.05 Å². The second kappa shape index (κ2) is 7.73. The Morgan fingerprint density at radius 3 is 2.87 bits per heavy atom. The van der Waals surface area contributed by atoms with Gasteiger partial charge in [-0.15, -0.1) is 0 Å². The molecule has 0 unspecified atom stereocenters. The van der Waals surface area contributed by atoms with Gasteiger partial charge in [0.25, 0.3) is 0 Å². The van der Waals surface area contributed by atoms with Gasteiger partial charge in [-0.25, -0.2) is 9.18 Å². The molecular weight excluding hydrogens is 299 g/mol. The van der Waals surface area contributed by atoms with Crippen molar-refractivity contribution in [3.63, 3.8) is 0 Å². The van der Waals surface area contributed by atoms with Gasteiger partial charge in [0.05, 0.1) is 12.3 Å². The second-order valence-electron chi connectivity index (χ2n) is 5.29. The van der Waals surface area contributed by atoms with E-state index in [2.05, 4.69) is 22.7 Å². The molecule has 0 saturated carbocycles. The number of hydrogen-bond donors (Lipinski definition) is 3. The highest BCUT2D eigenvalue weighted by Crippen LogP contribution is 2.12. The van der Waals surface area contributed by atoms with E-state index in [9.17, 15) is 9.18 Å². The number of aromatic nitrogens is 2. The fraction of sp³-hybridized carbons (Fsp3) is 0.375. The van der Waals surface area contributed by atoms with Crippen molar-refractivity contribution in [2.75, 3.05) is 5.32 Å². The Hall–Kier alpha value is -2.41. The quantitative estimate of drug-likeness (QED) is 0.764. The summed E-state index contributed by atoms with van der Waals surface area (Å²) < 4.78 is 14.9. The number of halogens is 1. The predicted octanol–water partition coefficient (Wildman–Crippen LogP) is 2.33. The molecule has 2 amide bonds. The molecule has 0 saturated heterocycles. The third-order valence-corrected chi connectivity index (χ3v) is 3.41. The fourth-order valence-corrected chi connectivity index (χ4v) is 2.22. The number of carbonyl (C=O) groups excluding carboxylic acids is 1. The van der Waals surface area contributed by atoms with E-state index in [1.165, 1.54) is 12.1 Å². The zero-order chi connectivity index (χ0) is 16.8. The van der Waals surface area contributed by atoms with E-state index < -0.39 is 5.82 Å². The van der Waals surface area contributed by atoms with E-state index in [1.54, 1.807) is 17.8 Å². The van der Waals surface area contributed by atoms with Crippen molar-refractivity contribution in [3.05, 3.63) is 46.9 Å². The average Bonchev–Trinajstić information content (AvgIpc) is 2.86. The summed E-state index contributed by atoms with van der Waals surface area (Å²) in [5.74, 6) is 0.153. The van der Waals surface area contributed by atoms with Gasteiger partial charge in [0.1, 0.15) is 11.6 Å². The van der Waals surface area contributed by atoms with E-state index in [0.29, 0.717) is 11.4 Å². The SMILES string of the molecule is CCCc1cc(NC(=O)NCc2ccc(F)c(CO)c2)n(C)n1. The molecule has 0 aliphatic carbocycles. The number of nitrogens with one attached hydrogen (secondary N) is 2. The largest absolute Gasteiger partial charge is 0.392 e. The van der Waals surface area contributed by atoms with Crippen LogP contribution in [0.1, 0.15) is 30.2 Å². The number of aryl methyl sites for hydroxylation is 2. The summed E-state index contributed by atoms with van der Waals surface area (Å²) in [6.45, 7) is 1.93. The standard InChI is InChI=1S/C16H21FN4O2/c1-3-4-13-8-15(21(2)20-13)19-16(23)18-9-11-5-6-14(17)12(7-11)10-22/h5-8,22H,3-4,9-10H2,1-2H3,(H2,18,19,23). The Bertz CT molecular complexity index is 685. The van der Waals surface area contributed by atoms with Crippen LogP contribution in [-0.2, 0) is 26.6 Å². The molecule has 1 aromatic heterocycles. The van der Waals surface area contributed by atoms with Gasteiger partial charge in [0, 0.05) is 25.2 Å². The molecule has 0 fully saturated rings. The lowest BCUT2D eigenvalue weighted by molar-refractivity contribution is 0.251. The van der Waals surface area contributed by atoms with Crippen LogP contribution in [0, 0.1) is 5.82 Å². The van der Waals surface area contributed by atoms with E-state index in [0.717, 1.165) is 18.5 Å². The van der Waals surface area contributed by atoms with Crippen LogP contribution < -0.4 is 10.6 Å². The molecule has 7 heteroatoms. The molecule has 0 atom stereocenters. The third kappa shape index (κ3) is 4.53. The fourth-order valence-electron chi connectivity index (χ4n) is 2.22. The minimum absolute atomic E-state index is 0.209. The molecule has 3 N–H and O–H groups in total. The molecule has 0 bridgehead atoms. The number of hydrogen-bond acceptors (Lipinski definition) is 3. The number of rotatable bonds is 6. The smallest absolute Gasteiger partial charge is 0.320 e. The molecule has 1 aromatic carbocycles. The number of aliphatic hydroxyl groups excluding tert-OH is 1. The van der Waals surface area contributed by atoms with Crippen molar-refractivity contribution >= 4 is 11.8 Å². The number of carbonyl (C=O) groups is 1. The van der Waals surface area contributed by atoms with Crippen LogP contribution >= 0.6 is 0 Å². The lowest BCUT2D eigenvalue weighted by Crippen LogP contribution is -2.29. The van der Waals surface area contributed by atoms with Gasteiger partial charge in [-0.3, -0.25) is 10.00 Å². The highest BCUT2D eigenvalue weighted by Gasteiger charge is 2.09. The lowest BCUT2D eigenvalue weighted by atomic mass is 10.1. The number of aliphatic hydroxyl groups is 1. The van der Waals surface area contributed by atoms with Gasteiger partial charge in [-0.05, 0) is 24.1 Å². The van der Waals surface area contributed by atoms with Crippen molar-refractivity contribution in [1.29, 1.82) is 0 Å². The van der Waals surface area contributed by atoms with Crippen molar-refractivity contribution < 1.29 is 14.3 Å². The molecule has 1 heterocycles. The van der Waals surface area contributed by atoms with E-state index in [4.69, 9.17) is 5.11 Å². The third-order valence-electron chi connectivity index (χ3n) is 3.41. The van der Waals surface area contributed by atoms with Gasteiger partial charge in [0.2, 0.25) is 0 Å². The molecule has 0 aliphatic rings. The van der Waals surface area contributed by atoms with Crippen LogP contribution in [0.15, 0.2) is 24.3 Å². The van der Waals surface area contributed by atoms with Crippen LogP contribution in [0.25, 0.3) is 0 Å². The lowest BCUT2D eigenvalue weighted by Gasteiger charge is -2.09. The van der Waals surface area contributed by atoms with Gasteiger partial charge >= 0.3 is 6.03 Å². The zero-order valence-electron chi connectivity index (χ0n) is 13.3. The summed E-state index contributed by atoms with van der Waals surface area (Å²) in [6, 6.07) is 5.84. The van der Waals surface area contributed by atoms with E-state index in [1.807, 2.05) is 6.07 Å². The van der Waals surface area contributed by atoms with Crippen LogP contribution in [0.5, 0.6) is 0 Å². The molecular formula is C16H21FN4O2. The molecule has 124 valence electrons. The summed E-state index contributed by atoms with van der Waals surface area (Å²) in [5, 5.41) is 18.8. The highest BCUT2D eigenvalue weighted by atomic mass is 19.1. The first kappa shape index (κ1) is 17.0. The second-order valence-corrected chi connectivity index (χ2v) is 5.29. The molecule has 2 rings (SSSR count). The first-order chi connectivity index (χ1) is 11.0. The molecule has 0 spiro atoms. The van der Waals surface area contributed by atoms with E-state index >= 15 is 0 Å². The first-order valence-corrected chi connectivity index (χ1v) is 7.49. The number of anilines is 1. The Morgan fingerprint density at radius 1 is 1.39 bits per heavy atom. The van der Waals surface area contributed by atoms with Crippen LogP contribution in [0.3, 0.4) is 0 Å². The first-order valence-electron chi connectivity index (χ1n) is 7.49. The Labute approximate surface area is 134 Å². The Balaban J connectivity index is 1.92. The normalized spacial score (nSPS) is 10.6. The van der Waals surface area contributed by atoms with Gasteiger partial charge in [-0.2, -0.15) is 5.10 Å². The van der Waals surface area contributed by atoms with Crippen molar-refractivity contribution in [1.82, 2.24) is 15.1 Å². The number of benzene rings is 1. The molecule has 0 aliphatic heterocycles. The molecule has 6 nitrogen and oxygen atoms in total. The highest BCUT2D eigenvalue weighted by molar-refractivity contribution is 5.88. The number of nitrogens with zero attached hydrogens (tertiary/aromatic N) is 2. The maximum atomic E-state index is 13.3. The van der Waals surface area contributed by atoms with Crippen LogP contribution in [-0.4, -0.2) is 20.9 Å². The Morgan fingerprint density at radius 2 is 2.17 bits per heavy atom. The topological polar surface area (TPSA) is 79.2 Å². The summed E-state index contributed by atoms with van der Waals surface area (Å²) in [6.07, 6.45) is 1.84. The summed E-state index contributed by atoms with van der Waals surface area (Å²) in [7, 11) is 1.77. The van der Waals surface area contributed by atoms with Gasteiger partial charge in [0.15, 0.2) is 0 Å².